The van der Waals surface area contributed by atoms with E-state index in [1.165, 1.54) is 12.4 Å². The molecular formula is C14H14N4O3. The summed E-state index contributed by atoms with van der Waals surface area (Å²) in [6.45, 7) is 2.98. The van der Waals surface area contributed by atoms with Gasteiger partial charge in [0.15, 0.2) is 0 Å². The molecule has 1 aromatic heterocycles. The summed E-state index contributed by atoms with van der Waals surface area (Å²) in [7, 11) is 0. The zero-order valence-corrected chi connectivity index (χ0v) is 11.5. The number of benzene rings is 1. The molecule has 108 valence electrons. The Morgan fingerprint density at radius 1 is 1.43 bits per heavy atom. The lowest BCUT2D eigenvalue weighted by atomic mass is 10.1. The van der Waals surface area contributed by atoms with Crippen molar-refractivity contribution in [1.29, 1.82) is 0 Å². The number of nitrogens with zero attached hydrogens (tertiary/aromatic N) is 4. The number of rotatable bonds is 4. The number of carboxylic acids is 1. The van der Waals surface area contributed by atoms with Crippen LogP contribution in [0, 0.1) is 0 Å². The van der Waals surface area contributed by atoms with Gasteiger partial charge in [0.1, 0.15) is 12.2 Å². The molecule has 1 aliphatic heterocycles. The number of carbonyl (C=O) groups excluding carboxylic acids is 1. The molecule has 3 rings (SSSR count). The molecular weight excluding hydrogens is 272 g/mol. The van der Waals surface area contributed by atoms with Gasteiger partial charge in [0, 0.05) is 12.2 Å². The van der Waals surface area contributed by atoms with Gasteiger partial charge >= 0.3 is 5.97 Å². The van der Waals surface area contributed by atoms with Crippen molar-refractivity contribution in [3.8, 4) is 0 Å². The highest BCUT2D eigenvalue weighted by atomic mass is 16.4. The highest BCUT2D eigenvalue weighted by Gasteiger charge is 2.29. The highest BCUT2D eigenvalue weighted by Crippen LogP contribution is 2.30. The second-order valence-corrected chi connectivity index (χ2v) is 4.80. The minimum atomic E-state index is -0.991. The van der Waals surface area contributed by atoms with Crippen LogP contribution in [0.4, 0.5) is 5.69 Å². The van der Waals surface area contributed by atoms with Crippen LogP contribution in [-0.4, -0.2) is 31.7 Å². The van der Waals surface area contributed by atoms with Crippen molar-refractivity contribution >= 4 is 17.6 Å². The molecule has 1 aliphatic rings. The first-order valence-electron chi connectivity index (χ1n) is 6.63. The van der Waals surface area contributed by atoms with Crippen molar-refractivity contribution in [2.24, 2.45) is 0 Å². The molecule has 2 aromatic rings. The number of aromatic carboxylic acids is 1. The minimum Gasteiger partial charge on any atom is -0.478 e. The Morgan fingerprint density at radius 3 is 2.95 bits per heavy atom. The zero-order chi connectivity index (χ0) is 15.0. The Balaban J connectivity index is 1.92. The lowest BCUT2D eigenvalue weighted by Gasteiger charge is -2.17. The summed E-state index contributed by atoms with van der Waals surface area (Å²) in [6, 6.07) is 4.74. The maximum absolute atomic E-state index is 12.2. The Bertz CT molecular complexity index is 723. The van der Waals surface area contributed by atoms with Crippen molar-refractivity contribution < 1.29 is 14.7 Å². The Hall–Kier alpha value is -2.70. The van der Waals surface area contributed by atoms with E-state index in [2.05, 4.69) is 10.1 Å². The quantitative estimate of drug-likeness (QED) is 0.908. The Kier molecular flexibility index (Phi) is 3.17. The molecule has 7 heteroatoms. The van der Waals surface area contributed by atoms with Gasteiger partial charge in [0.05, 0.1) is 18.5 Å². The van der Waals surface area contributed by atoms with E-state index in [-0.39, 0.29) is 17.9 Å². The molecule has 0 spiro atoms. The lowest BCUT2D eigenvalue weighted by Crippen LogP contribution is -2.27. The molecule has 0 unspecified atom stereocenters. The van der Waals surface area contributed by atoms with Gasteiger partial charge in [0.2, 0.25) is 5.91 Å². The molecule has 0 aliphatic carbocycles. The minimum absolute atomic E-state index is 0.0572. The van der Waals surface area contributed by atoms with E-state index in [0.717, 1.165) is 11.3 Å². The Labute approximate surface area is 120 Å². The largest absolute Gasteiger partial charge is 0.478 e. The topological polar surface area (TPSA) is 88.3 Å². The van der Waals surface area contributed by atoms with Crippen molar-refractivity contribution in [3.05, 3.63) is 41.5 Å². The van der Waals surface area contributed by atoms with E-state index >= 15 is 0 Å². The number of anilines is 1. The maximum Gasteiger partial charge on any atom is 0.335 e. The van der Waals surface area contributed by atoms with Crippen LogP contribution >= 0.6 is 0 Å². The van der Waals surface area contributed by atoms with Gasteiger partial charge in [-0.1, -0.05) is 0 Å². The average molecular weight is 286 g/mol. The third kappa shape index (κ3) is 2.26. The standard InChI is InChI=1S/C14H14N4O3/c1-2-18-12(15-8-16-18)7-17-11-4-3-9(14(20)21)5-10(11)6-13(17)19/h3-5,8H,2,6-7H2,1H3,(H,20,21). The monoisotopic (exact) mass is 286 g/mol. The van der Waals surface area contributed by atoms with Crippen LogP contribution < -0.4 is 4.90 Å². The van der Waals surface area contributed by atoms with Crippen LogP contribution in [0.25, 0.3) is 0 Å². The molecule has 1 amide bonds. The first kappa shape index (κ1) is 13.3. The molecule has 0 saturated carbocycles. The number of hydrogen-bond acceptors (Lipinski definition) is 4. The summed E-state index contributed by atoms with van der Waals surface area (Å²) < 4.78 is 1.73. The summed E-state index contributed by atoms with van der Waals surface area (Å²) in [5, 5.41) is 13.1. The summed E-state index contributed by atoms with van der Waals surface area (Å²) in [4.78, 5) is 28.9. The maximum atomic E-state index is 12.2. The van der Waals surface area contributed by atoms with Gasteiger partial charge < -0.3 is 10.0 Å². The normalized spacial score (nSPS) is 13.6. The van der Waals surface area contributed by atoms with E-state index < -0.39 is 5.97 Å². The molecule has 0 bridgehead atoms. The summed E-state index contributed by atoms with van der Waals surface area (Å²) in [5.74, 6) is -0.339. The van der Waals surface area contributed by atoms with Gasteiger partial charge in [0.25, 0.3) is 0 Å². The molecule has 0 radical (unpaired) electrons. The van der Waals surface area contributed by atoms with Crippen molar-refractivity contribution in [2.75, 3.05) is 4.90 Å². The van der Waals surface area contributed by atoms with E-state index in [1.807, 2.05) is 6.92 Å². The summed E-state index contributed by atoms with van der Waals surface area (Å²) in [6.07, 6.45) is 1.69. The van der Waals surface area contributed by atoms with E-state index in [4.69, 9.17) is 5.11 Å². The number of aromatic nitrogens is 3. The van der Waals surface area contributed by atoms with Crippen LogP contribution in [0.1, 0.15) is 28.7 Å². The van der Waals surface area contributed by atoms with Crippen molar-refractivity contribution in [2.45, 2.75) is 26.4 Å². The van der Waals surface area contributed by atoms with Crippen LogP contribution in [0.3, 0.4) is 0 Å². The molecule has 1 aromatic carbocycles. The van der Waals surface area contributed by atoms with Crippen molar-refractivity contribution in [3.63, 3.8) is 0 Å². The first-order valence-corrected chi connectivity index (χ1v) is 6.63. The molecule has 0 fully saturated rings. The summed E-state index contributed by atoms with van der Waals surface area (Å²) >= 11 is 0. The van der Waals surface area contributed by atoms with Gasteiger partial charge in [-0.2, -0.15) is 5.10 Å². The highest BCUT2D eigenvalue weighted by molar-refractivity contribution is 6.02. The number of carbonyl (C=O) groups is 2. The third-order valence-electron chi connectivity index (χ3n) is 3.55. The summed E-state index contributed by atoms with van der Waals surface area (Å²) in [5.41, 5.74) is 1.68. The number of carboxylic acid groups (broad SMARTS) is 1. The molecule has 0 saturated heterocycles. The molecule has 0 atom stereocenters. The molecule has 2 heterocycles. The van der Waals surface area contributed by atoms with Crippen LogP contribution in [0.2, 0.25) is 0 Å². The predicted molar refractivity (Wildman–Crippen MR) is 74.0 cm³/mol. The SMILES string of the molecule is CCn1ncnc1CN1C(=O)Cc2cc(C(=O)O)ccc21. The first-order chi connectivity index (χ1) is 10.1. The lowest BCUT2D eigenvalue weighted by molar-refractivity contribution is -0.117. The second-order valence-electron chi connectivity index (χ2n) is 4.80. The third-order valence-corrected chi connectivity index (χ3v) is 3.55. The van der Waals surface area contributed by atoms with E-state index in [9.17, 15) is 9.59 Å². The molecule has 7 nitrogen and oxygen atoms in total. The average Bonchev–Trinajstić information content (AvgIpc) is 3.03. The fourth-order valence-corrected chi connectivity index (χ4v) is 2.51. The predicted octanol–water partition coefficient (Wildman–Crippen LogP) is 1.09. The Morgan fingerprint density at radius 2 is 2.24 bits per heavy atom. The van der Waals surface area contributed by atoms with E-state index in [0.29, 0.717) is 18.9 Å². The fourth-order valence-electron chi connectivity index (χ4n) is 2.51. The van der Waals surface area contributed by atoms with E-state index in [1.54, 1.807) is 21.7 Å². The van der Waals surface area contributed by atoms with Crippen molar-refractivity contribution in [1.82, 2.24) is 14.8 Å². The van der Waals surface area contributed by atoms with Gasteiger partial charge in [-0.15, -0.1) is 0 Å². The zero-order valence-electron chi connectivity index (χ0n) is 11.5. The van der Waals surface area contributed by atoms with Gasteiger partial charge in [-0.25, -0.2) is 14.5 Å². The second kappa shape index (κ2) is 5.01. The number of aryl methyl sites for hydroxylation is 1. The van der Waals surface area contributed by atoms with Crippen LogP contribution in [-0.2, 0) is 24.3 Å². The smallest absolute Gasteiger partial charge is 0.335 e. The molecule has 1 N–H and O–H groups in total. The molecule has 21 heavy (non-hydrogen) atoms. The van der Waals surface area contributed by atoms with Crippen LogP contribution in [0.15, 0.2) is 24.5 Å². The number of hydrogen-bond donors (Lipinski definition) is 1. The fraction of sp³-hybridized carbons (Fsp3) is 0.286. The number of amides is 1. The van der Waals surface area contributed by atoms with Gasteiger partial charge in [-0.05, 0) is 30.7 Å². The number of fused-ring (bicyclic) bond motifs is 1. The van der Waals surface area contributed by atoms with Crippen LogP contribution in [0.5, 0.6) is 0 Å². The van der Waals surface area contributed by atoms with Gasteiger partial charge in [-0.3, -0.25) is 4.79 Å².